The summed E-state index contributed by atoms with van der Waals surface area (Å²) in [5.41, 5.74) is 3.65. The van der Waals surface area contributed by atoms with Crippen LogP contribution >= 0.6 is 23.4 Å². The van der Waals surface area contributed by atoms with Gasteiger partial charge in [-0.15, -0.1) is 16.9 Å². The minimum Gasteiger partial charge on any atom is -0.272 e. The molecule has 1 aromatic heterocycles. The highest BCUT2D eigenvalue weighted by Gasteiger charge is 2.14. The van der Waals surface area contributed by atoms with Gasteiger partial charge in [-0.25, -0.2) is 0 Å². The molecule has 0 aliphatic heterocycles. The third kappa shape index (κ3) is 3.00. The summed E-state index contributed by atoms with van der Waals surface area (Å²) < 4.78 is 1.40. The fourth-order valence-corrected chi connectivity index (χ4v) is 3.21. The third-order valence-corrected chi connectivity index (χ3v) is 4.54. The van der Waals surface area contributed by atoms with Gasteiger partial charge in [0.1, 0.15) is 11.0 Å². The average molecular weight is 332 g/mol. The number of carbonyl (C=O) groups is 1. The van der Waals surface area contributed by atoms with E-state index in [1.807, 2.05) is 50.2 Å². The van der Waals surface area contributed by atoms with Crippen LogP contribution in [0.25, 0.3) is 11.0 Å². The Labute approximate surface area is 137 Å². The van der Waals surface area contributed by atoms with E-state index in [9.17, 15) is 4.79 Å². The number of benzene rings is 2. The lowest BCUT2D eigenvalue weighted by atomic mass is 10.1. The van der Waals surface area contributed by atoms with Crippen LogP contribution in [0.15, 0.2) is 41.3 Å². The van der Waals surface area contributed by atoms with Crippen LogP contribution in [0.4, 0.5) is 0 Å². The molecule has 0 unspecified atom stereocenters. The van der Waals surface area contributed by atoms with E-state index in [2.05, 4.69) is 10.3 Å². The maximum absolute atomic E-state index is 12.4. The SMILES string of the molecule is Cc1cc(C)c2c(c1)nnn2C(=O)CSc1ccc(Cl)cc1. The average Bonchev–Trinajstić information content (AvgIpc) is 2.90. The van der Waals surface area contributed by atoms with Crippen LogP contribution in [0.1, 0.15) is 15.9 Å². The number of hydrogen-bond acceptors (Lipinski definition) is 4. The molecule has 0 amide bonds. The first-order valence-electron chi connectivity index (χ1n) is 6.79. The molecule has 0 N–H and O–H groups in total. The van der Waals surface area contributed by atoms with E-state index in [1.54, 1.807) is 0 Å². The molecule has 0 saturated heterocycles. The van der Waals surface area contributed by atoms with Crippen LogP contribution in [-0.4, -0.2) is 26.7 Å². The molecule has 2 aromatic carbocycles. The second-order valence-electron chi connectivity index (χ2n) is 5.09. The zero-order valence-corrected chi connectivity index (χ0v) is 13.8. The van der Waals surface area contributed by atoms with Crippen molar-refractivity contribution in [1.82, 2.24) is 15.0 Å². The summed E-state index contributed by atoms with van der Waals surface area (Å²) in [6, 6.07) is 11.4. The van der Waals surface area contributed by atoms with Crippen molar-refractivity contribution in [2.75, 3.05) is 5.75 Å². The molecule has 0 fully saturated rings. The standard InChI is InChI=1S/C16H14ClN3OS/c1-10-7-11(2)16-14(8-10)18-19-20(16)15(21)9-22-13-5-3-12(17)4-6-13/h3-8H,9H2,1-2H3. The molecule has 0 saturated carbocycles. The van der Waals surface area contributed by atoms with Gasteiger partial charge in [-0.1, -0.05) is 22.9 Å². The zero-order valence-electron chi connectivity index (χ0n) is 12.2. The first kappa shape index (κ1) is 15.1. The normalized spacial score (nSPS) is 11.0. The maximum atomic E-state index is 12.4. The summed E-state index contributed by atoms with van der Waals surface area (Å²) in [7, 11) is 0. The van der Waals surface area contributed by atoms with Crippen LogP contribution in [0, 0.1) is 13.8 Å². The van der Waals surface area contributed by atoms with Crippen molar-refractivity contribution in [1.29, 1.82) is 0 Å². The molecule has 22 heavy (non-hydrogen) atoms. The molecule has 0 spiro atoms. The molecule has 6 heteroatoms. The maximum Gasteiger partial charge on any atom is 0.259 e. The summed E-state index contributed by atoms with van der Waals surface area (Å²) in [6.45, 7) is 3.97. The van der Waals surface area contributed by atoms with Crippen LogP contribution in [0.2, 0.25) is 5.02 Å². The summed E-state index contributed by atoms with van der Waals surface area (Å²) in [5.74, 6) is 0.211. The minimum absolute atomic E-state index is 0.0885. The molecule has 4 nitrogen and oxygen atoms in total. The fourth-order valence-electron chi connectivity index (χ4n) is 2.34. The lowest BCUT2D eigenvalue weighted by molar-refractivity contribution is 0.0929. The Morgan fingerprint density at radius 1 is 1.23 bits per heavy atom. The van der Waals surface area contributed by atoms with Crippen molar-refractivity contribution in [3.8, 4) is 0 Å². The number of aromatic nitrogens is 3. The van der Waals surface area contributed by atoms with Gasteiger partial charge >= 0.3 is 0 Å². The summed E-state index contributed by atoms with van der Waals surface area (Å²) >= 11 is 7.31. The van der Waals surface area contributed by atoms with Gasteiger partial charge in [-0.3, -0.25) is 4.79 Å². The first-order chi connectivity index (χ1) is 10.5. The van der Waals surface area contributed by atoms with Gasteiger partial charge in [-0.05, 0) is 55.3 Å². The minimum atomic E-state index is -0.0885. The lowest BCUT2D eigenvalue weighted by Crippen LogP contribution is -2.15. The van der Waals surface area contributed by atoms with Crippen molar-refractivity contribution in [3.63, 3.8) is 0 Å². The zero-order chi connectivity index (χ0) is 15.7. The van der Waals surface area contributed by atoms with Crippen molar-refractivity contribution in [3.05, 3.63) is 52.5 Å². The second kappa shape index (κ2) is 6.10. The summed E-state index contributed by atoms with van der Waals surface area (Å²) in [5, 5.41) is 8.78. The van der Waals surface area contributed by atoms with Gasteiger partial charge < -0.3 is 0 Å². The van der Waals surface area contributed by atoms with E-state index in [-0.39, 0.29) is 5.91 Å². The Morgan fingerprint density at radius 3 is 2.68 bits per heavy atom. The molecular weight excluding hydrogens is 318 g/mol. The largest absolute Gasteiger partial charge is 0.272 e. The monoisotopic (exact) mass is 331 g/mol. The number of rotatable bonds is 3. The summed E-state index contributed by atoms with van der Waals surface area (Å²) in [4.78, 5) is 13.4. The van der Waals surface area contributed by atoms with Crippen molar-refractivity contribution in [2.45, 2.75) is 18.7 Å². The number of fused-ring (bicyclic) bond motifs is 1. The molecule has 3 aromatic rings. The van der Waals surface area contributed by atoms with Gasteiger partial charge in [0.2, 0.25) is 0 Å². The Balaban J connectivity index is 1.82. The van der Waals surface area contributed by atoms with Gasteiger partial charge in [0.25, 0.3) is 5.91 Å². The molecule has 112 valence electrons. The molecule has 0 bridgehead atoms. The predicted molar refractivity (Wildman–Crippen MR) is 89.8 cm³/mol. The van der Waals surface area contributed by atoms with Gasteiger partial charge in [0, 0.05) is 9.92 Å². The summed E-state index contributed by atoms with van der Waals surface area (Å²) in [6.07, 6.45) is 0. The van der Waals surface area contributed by atoms with E-state index >= 15 is 0 Å². The predicted octanol–water partition coefficient (Wildman–Crippen LogP) is 4.13. The Bertz CT molecular complexity index is 842. The van der Waals surface area contributed by atoms with Crippen LogP contribution in [0.5, 0.6) is 0 Å². The number of halogens is 1. The molecule has 1 heterocycles. The Hall–Kier alpha value is -1.85. The Kier molecular flexibility index (Phi) is 4.18. The van der Waals surface area contributed by atoms with Gasteiger partial charge in [0.05, 0.1) is 5.75 Å². The molecule has 0 aliphatic rings. The van der Waals surface area contributed by atoms with Gasteiger partial charge in [0.15, 0.2) is 0 Å². The highest BCUT2D eigenvalue weighted by Crippen LogP contribution is 2.22. The van der Waals surface area contributed by atoms with E-state index in [0.717, 1.165) is 27.1 Å². The number of hydrogen-bond donors (Lipinski definition) is 0. The molecule has 0 aliphatic carbocycles. The van der Waals surface area contributed by atoms with E-state index in [0.29, 0.717) is 10.8 Å². The van der Waals surface area contributed by atoms with Crippen molar-refractivity contribution < 1.29 is 4.79 Å². The number of thioether (sulfide) groups is 1. The van der Waals surface area contributed by atoms with E-state index in [1.165, 1.54) is 16.4 Å². The molecule has 0 atom stereocenters. The topological polar surface area (TPSA) is 47.8 Å². The van der Waals surface area contributed by atoms with Crippen LogP contribution < -0.4 is 0 Å². The Morgan fingerprint density at radius 2 is 1.95 bits per heavy atom. The van der Waals surface area contributed by atoms with E-state index < -0.39 is 0 Å². The smallest absolute Gasteiger partial charge is 0.259 e. The second-order valence-corrected chi connectivity index (χ2v) is 6.57. The van der Waals surface area contributed by atoms with E-state index in [4.69, 9.17) is 11.6 Å². The number of nitrogens with zero attached hydrogens (tertiary/aromatic N) is 3. The number of aryl methyl sites for hydroxylation is 2. The van der Waals surface area contributed by atoms with Crippen molar-refractivity contribution >= 4 is 40.3 Å². The lowest BCUT2D eigenvalue weighted by Gasteiger charge is -2.04. The van der Waals surface area contributed by atoms with Crippen LogP contribution in [-0.2, 0) is 0 Å². The highest BCUT2D eigenvalue weighted by atomic mass is 35.5. The molecule has 0 radical (unpaired) electrons. The van der Waals surface area contributed by atoms with Gasteiger partial charge in [-0.2, -0.15) is 4.68 Å². The number of carbonyl (C=O) groups excluding carboxylic acids is 1. The molecular formula is C16H14ClN3OS. The molecule has 3 rings (SSSR count). The first-order valence-corrected chi connectivity index (χ1v) is 8.15. The highest BCUT2D eigenvalue weighted by molar-refractivity contribution is 8.00. The van der Waals surface area contributed by atoms with Crippen molar-refractivity contribution in [2.24, 2.45) is 0 Å². The quantitative estimate of drug-likeness (QED) is 0.677. The van der Waals surface area contributed by atoms with Crippen LogP contribution in [0.3, 0.4) is 0 Å². The third-order valence-electron chi connectivity index (χ3n) is 3.29. The fraction of sp³-hybridized carbons (Fsp3) is 0.188.